The van der Waals surface area contributed by atoms with Crippen molar-refractivity contribution in [3.63, 3.8) is 0 Å². The maximum Gasteiger partial charge on any atom is 0.450 e. The Hall–Kier alpha value is -3.89. The summed E-state index contributed by atoms with van der Waals surface area (Å²) in [5, 5.41) is 3.00. The van der Waals surface area contributed by atoms with Crippen molar-refractivity contribution in [2.75, 3.05) is 26.1 Å². The van der Waals surface area contributed by atoms with Crippen LogP contribution in [0, 0.1) is 0 Å². The fourth-order valence-electron chi connectivity index (χ4n) is 3.65. The monoisotopic (exact) mass is 567 g/mol. The van der Waals surface area contributed by atoms with Gasteiger partial charge in [-0.05, 0) is 48.0 Å². The van der Waals surface area contributed by atoms with Gasteiger partial charge in [-0.1, -0.05) is 29.3 Å². The van der Waals surface area contributed by atoms with Gasteiger partial charge in [0.15, 0.2) is 18.1 Å². The number of benzene rings is 3. The van der Waals surface area contributed by atoms with Gasteiger partial charge in [-0.3, -0.25) is 9.59 Å². The highest BCUT2D eigenvalue weighted by Crippen LogP contribution is 2.40. The molecule has 4 aromatic rings. The molecule has 12 heteroatoms. The number of methoxy groups -OCH3 is 2. The molecule has 0 saturated carbocycles. The summed E-state index contributed by atoms with van der Waals surface area (Å²) in [6.45, 7) is -0.506. The maximum absolute atomic E-state index is 14.0. The number of nitrogens with one attached hydrogen (secondary N) is 1. The summed E-state index contributed by atoms with van der Waals surface area (Å²) in [6.07, 6.45) is -5.00. The minimum absolute atomic E-state index is 0.0000165. The molecule has 3 aromatic carbocycles. The van der Waals surface area contributed by atoms with Gasteiger partial charge in [0, 0.05) is 11.1 Å². The molecule has 0 saturated heterocycles. The molecule has 38 heavy (non-hydrogen) atoms. The van der Waals surface area contributed by atoms with Gasteiger partial charge in [0.2, 0.25) is 11.2 Å². The quantitative estimate of drug-likeness (QED) is 0.263. The van der Waals surface area contributed by atoms with E-state index < -0.39 is 35.4 Å². The minimum atomic E-state index is -5.00. The highest BCUT2D eigenvalue weighted by molar-refractivity contribution is 6.35. The zero-order valence-electron chi connectivity index (χ0n) is 19.7. The van der Waals surface area contributed by atoms with Crippen LogP contribution in [0.1, 0.15) is 5.76 Å². The first kappa shape index (κ1) is 27.2. The van der Waals surface area contributed by atoms with Crippen molar-refractivity contribution in [2.45, 2.75) is 6.18 Å². The molecular weight excluding hydrogens is 550 g/mol. The molecule has 0 unspecified atom stereocenters. The van der Waals surface area contributed by atoms with Crippen molar-refractivity contribution in [1.29, 1.82) is 0 Å². The first-order valence-electron chi connectivity index (χ1n) is 10.8. The van der Waals surface area contributed by atoms with Crippen molar-refractivity contribution >= 4 is 45.8 Å². The molecule has 0 aliphatic heterocycles. The van der Waals surface area contributed by atoms with Crippen molar-refractivity contribution in [2.24, 2.45) is 0 Å². The van der Waals surface area contributed by atoms with Crippen LogP contribution in [0.5, 0.6) is 17.2 Å². The van der Waals surface area contributed by atoms with E-state index in [0.29, 0.717) is 5.02 Å². The van der Waals surface area contributed by atoms with Crippen LogP contribution in [0.3, 0.4) is 0 Å². The highest BCUT2D eigenvalue weighted by atomic mass is 35.5. The summed E-state index contributed by atoms with van der Waals surface area (Å²) in [5.74, 6) is -1.68. The Balaban J connectivity index is 1.68. The zero-order chi connectivity index (χ0) is 27.6. The van der Waals surface area contributed by atoms with Crippen molar-refractivity contribution in [3.05, 3.63) is 80.6 Å². The largest absolute Gasteiger partial charge is 0.493 e. The first-order valence-corrected chi connectivity index (χ1v) is 11.6. The van der Waals surface area contributed by atoms with Crippen LogP contribution in [0.15, 0.2) is 63.8 Å². The number of anilines is 1. The molecule has 1 amide bonds. The predicted molar refractivity (Wildman–Crippen MR) is 137 cm³/mol. The molecule has 1 aromatic heterocycles. The number of amides is 1. The Morgan fingerprint density at radius 1 is 0.974 bits per heavy atom. The summed E-state index contributed by atoms with van der Waals surface area (Å²) in [6, 6.07) is 12.1. The van der Waals surface area contributed by atoms with Gasteiger partial charge in [-0.2, -0.15) is 13.2 Å². The number of carbonyl (C=O) groups is 1. The third-order valence-electron chi connectivity index (χ3n) is 5.37. The average molecular weight is 568 g/mol. The summed E-state index contributed by atoms with van der Waals surface area (Å²) < 4.78 is 62.9. The van der Waals surface area contributed by atoms with Gasteiger partial charge in [-0.15, -0.1) is 0 Å². The number of rotatable bonds is 7. The average Bonchev–Trinajstić information content (AvgIpc) is 2.88. The lowest BCUT2D eigenvalue weighted by Crippen LogP contribution is -2.20. The lowest BCUT2D eigenvalue weighted by Gasteiger charge is -2.15. The standard InChI is InChI=1S/C26H18Cl2F3NO6/c1-35-19-8-3-13(9-21(19)36-2)23-24(34)16-6-5-15(11-20(16)38-25(23)26(29,30)31)37-12-22(33)32-18-10-14(27)4-7-17(18)28/h3-11H,12H2,1-2H3,(H,32,33). The summed E-state index contributed by atoms with van der Waals surface area (Å²) in [4.78, 5) is 25.5. The normalized spacial score (nSPS) is 11.3. The molecule has 0 spiro atoms. The van der Waals surface area contributed by atoms with Crippen molar-refractivity contribution in [1.82, 2.24) is 0 Å². The number of ether oxygens (including phenoxy) is 3. The van der Waals surface area contributed by atoms with Gasteiger partial charge >= 0.3 is 6.18 Å². The molecule has 4 rings (SSSR count). The van der Waals surface area contributed by atoms with Crippen molar-refractivity contribution < 1.29 is 36.6 Å². The van der Waals surface area contributed by atoms with Crippen molar-refractivity contribution in [3.8, 4) is 28.4 Å². The molecule has 7 nitrogen and oxygen atoms in total. The lowest BCUT2D eigenvalue weighted by molar-refractivity contribution is -0.152. The van der Waals surface area contributed by atoms with Crippen LogP contribution in [0.25, 0.3) is 22.1 Å². The second kappa shape index (κ2) is 10.8. The number of carbonyl (C=O) groups excluding carboxylic acids is 1. The van der Waals surface area contributed by atoms with E-state index in [9.17, 15) is 22.8 Å². The molecule has 1 heterocycles. The Kier molecular flexibility index (Phi) is 7.75. The minimum Gasteiger partial charge on any atom is -0.493 e. The molecule has 0 bridgehead atoms. The Labute approximate surface area is 223 Å². The number of fused-ring (bicyclic) bond motifs is 1. The summed E-state index contributed by atoms with van der Waals surface area (Å²) >= 11 is 11.9. The van der Waals surface area contributed by atoms with E-state index in [-0.39, 0.29) is 44.5 Å². The summed E-state index contributed by atoms with van der Waals surface area (Å²) in [5.41, 5.74) is -1.78. The van der Waals surface area contributed by atoms with Crippen LogP contribution in [0.4, 0.5) is 18.9 Å². The van der Waals surface area contributed by atoms with Crippen LogP contribution in [0.2, 0.25) is 10.0 Å². The fourth-order valence-corrected chi connectivity index (χ4v) is 3.98. The summed E-state index contributed by atoms with van der Waals surface area (Å²) in [7, 11) is 2.69. The van der Waals surface area contributed by atoms with E-state index in [2.05, 4.69) is 5.32 Å². The molecule has 1 N–H and O–H groups in total. The van der Waals surface area contributed by atoms with Gasteiger partial charge in [0.25, 0.3) is 5.91 Å². The smallest absolute Gasteiger partial charge is 0.450 e. The second-order valence-corrected chi connectivity index (χ2v) is 8.67. The maximum atomic E-state index is 14.0. The topological polar surface area (TPSA) is 87.0 Å². The van der Waals surface area contributed by atoms with Gasteiger partial charge in [0.05, 0.1) is 35.9 Å². The molecular formula is C26H18Cl2F3NO6. The second-order valence-electron chi connectivity index (χ2n) is 7.82. The number of hydrogen-bond acceptors (Lipinski definition) is 6. The molecule has 0 atom stereocenters. The van der Waals surface area contributed by atoms with E-state index in [1.165, 1.54) is 56.7 Å². The Bertz CT molecular complexity index is 1590. The van der Waals surface area contributed by atoms with Gasteiger partial charge in [-0.25, -0.2) is 0 Å². The zero-order valence-corrected chi connectivity index (χ0v) is 21.3. The molecule has 0 radical (unpaired) electrons. The number of hydrogen-bond donors (Lipinski definition) is 1. The van der Waals surface area contributed by atoms with E-state index in [4.69, 9.17) is 41.8 Å². The SMILES string of the molecule is COc1ccc(-c2c(C(F)(F)F)oc3cc(OCC(=O)Nc4cc(Cl)ccc4Cl)ccc3c2=O)cc1OC. The van der Waals surface area contributed by atoms with Crippen LogP contribution in [-0.2, 0) is 11.0 Å². The third-order valence-corrected chi connectivity index (χ3v) is 5.93. The van der Waals surface area contributed by atoms with E-state index in [1.807, 2.05) is 0 Å². The lowest BCUT2D eigenvalue weighted by atomic mass is 10.0. The van der Waals surface area contributed by atoms with Crippen LogP contribution >= 0.6 is 23.2 Å². The van der Waals surface area contributed by atoms with E-state index >= 15 is 0 Å². The number of alkyl halides is 3. The van der Waals surface area contributed by atoms with Gasteiger partial charge in [0.1, 0.15) is 11.3 Å². The highest BCUT2D eigenvalue weighted by Gasteiger charge is 2.39. The molecule has 198 valence electrons. The third kappa shape index (κ3) is 5.66. The van der Waals surface area contributed by atoms with Crippen LogP contribution < -0.4 is 25.0 Å². The first-order chi connectivity index (χ1) is 18.0. The molecule has 0 aliphatic carbocycles. The molecule has 0 aliphatic rings. The Morgan fingerprint density at radius 3 is 2.39 bits per heavy atom. The fraction of sp³-hybridized carbons (Fsp3) is 0.154. The van der Waals surface area contributed by atoms with E-state index in [0.717, 1.165) is 6.07 Å². The van der Waals surface area contributed by atoms with Crippen LogP contribution in [-0.4, -0.2) is 26.7 Å². The predicted octanol–water partition coefficient (Wildman–Crippen LogP) is 6.82. The number of halogens is 5. The van der Waals surface area contributed by atoms with Gasteiger partial charge < -0.3 is 23.9 Å². The Morgan fingerprint density at radius 2 is 1.71 bits per heavy atom. The molecule has 0 fully saturated rings. The van der Waals surface area contributed by atoms with E-state index in [1.54, 1.807) is 6.07 Å².